The SMILES string of the molecule is CC(=O)NCCNc1ccc(Br)cc1C#N. The van der Waals surface area contributed by atoms with Crippen molar-refractivity contribution < 1.29 is 4.79 Å². The second kappa shape index (κ2) is 6.13. The summed E-state index contributed by atoms with van der Waals surface area (Å²) in [7, 11) is 0. The lowest BCUT2D eigenvalue weighted by atomic mass is 10.2. The summed E-state index contributed by atoms with van der Waals surface area (Å²) in [4.78, 5) is 10.6. The van der Waals surface area contributed by atoms with E-state index in [1.54, 1.807) is 6.07 Å². The number of nitrogens with zero attached hydrogens (tertiary/aromatic N) is 1. The number of hydrogen-bond acceptors (Lipinski definition) is 3. The quantitative estimate of drug-likeness (QED) is 0.828. The number of carbonyl (C=O) groups excluding carboxylic acids is 1. The van der Waals surface area contributed by atoms with Crippen LogP contribution in [0.4, 0.5) is 5.69 Å². The fraction of sp³-hybridized carbons (Fsp3) is 0.273. The maximum Gasteiger partial charge on any atom is 0.216 e. The third-order valence-electron chi connectivity index (χ3n) is 1.92. The van der Waals surface area contributed by atoms with E-state index in [4.69, 9.17) is 5.26 Å². The molecule has 0 atom stereocenters. The highest BCUT2D eigenvalue weighted by molar-refractivity contribution is 9.10. The molecule has 0 heterocycles. The van der Waals surface area contributed by atoms with Crippen molar-refractivity contribution in [3.05, 3.63) is 28.2 Å². The molecule has 0 aromatic heterocycles. The van der Waals surface area contributed by atoms with Crippen molar-refractivity contribution in [2.45, 2.75) is 6.92 Å². The van der Waals surface area contributed by atoms with E-state index in [-0.39, 0.29) is 5.91 Å². The monoisotopic (exact) mass is 281 g/mol. The Morgan fingerprint density at radius 1 is 1.50 bits per heavy atom. The minimum absolute atomic E-state index is 0.0573. The fourth-order valence-electron chi connectivity index (χ4n) is 1.20. The summed E-state index contributed by atoms with van der Waals surface area (Å²) >= 11 is 3.30. The van der Waals surface area contributed by atoms with E-state index < -0.39 is 0 Å². The molecule has 0 saturated carbocycles. The minimum atomic E-state index is -0.0573. The molecule has 5 heteroatoms. The van der Waals surface area contributed by atoms with Gasteiger partial charge in [-0.15, -0.1) is 0 Å². The van der Waals surface area contributed by atoms with E-state index in [2.05, 4.69) is 32.6 Å². The Labute approximate surface area is 103 Å². The van der Waals surface area contributed by atoms with Gasteiger partial charge in [-0.25, -0.2) is 0 Å². The molecule has 84 valence electrons. The van der Waals surface area contributed by atoms with E-state index in [1.807, 2.05) is 12.1 Å². The number of nitriles is 1. The number of rotatable bonds is 4. The molecule has 0 aliphatic rings. The Balaban J connectivity index is 2.54. The second-order valence-electron chi connectivity index (χ2n) is 3.21. The van der Waals surface area contributed by atoms with Crippen molar-refractivity contribution in [3.8, 4) is 6.07 Å². The average Bonchev–Trinajstić information content (AvgIpc) is 2.25. The molecule has 0 saturated heterocycles. The summed E-state index contributed by atoms with van der Waals surface area (Å²) in [6.07, 6.45) is 0. The summed E-state index contributed by atoms with van der Waals surface area (Å²) in [5.74, 6) is -0.0573. The van der Waals surface area contributed by atoms with Gasteiger partial charge in [-0.2, -0.15) is 5.26 Å². The van der Waals surface area contributed by atoms with Crippen LogP contribution in [0.3, 0.4) is 0 Å². The molecule has 1 rings (SSSR count). The second-order valence-corrected chi connectivity index (χ2v) is 4.13. The molecule has 4 nitrogen and oxygen atoms in total. The van der Waals surface area contributed by atoms with E-state index in [9.17, 15) is 4.79 Å². The van der Waals surface area contributed by atoms with Crippen LogP contribution in [0, 0.1) is 11.3 Å². The van der Waals surface area contributed by atoms with Crippen LogP contribution in [0.5, 0.6) is 0 Å². The molecule has 1 aromatic carbocycles. The van der Waals surface area contributed by atoms with Gasteiger partial charge in [0.2, 0.25) is 5.91 Å². The molecule has 0 aliphatic carbocycles. The van der Waals surface area contributed by atoms with Gasteiger partial charge in [0.1, 0.15) is 6.07 Å². The van der Waals surface area contributed by atoms with Crippen molar-refractivity contribution in [1.29, 1.82) is 5.26 Å². The predicted molar refractivity (Wildman–Crippen MR) is 66.0 cm³/mol. The van der Waals surface area contributed by atoms with E-state index in [1.165, 1.54) is 6.92 Å². The van der Waals surface area contributed by atoms with Crippen molar-refractivity contribution in [1.82, 2.24) is 5.32 Å². The number of benzene rings is 1. The largest absolute Gasteiger partial charge is 0.382 e. The summed E-state index contributed by atoms with van der Waals surface area (Å²) in [6.45, 7) is 2.60. The molecule has 0 bridgehead atoms. The summed E-state index contributed by atoms with van der Waals surface area (Å²) in [5, 5.41) is 14.7. The zero-order valence-electron chi connectivity index (χ0n) is 8.88. The summed E-state index contributed by atoms with van der Waals surface area (Å²) in [5.41, 5.74) is 1.35. The van der Waals surface area contributed by atoms with Gasteiger partial charge in [-0.05, 0) is 18.2 Å². The summed E-state index contributed by atoms with van der Waals surface area (Å²) in [6, 6.07) is 7.55. The van der Waals surface area contributed by atoms with Crippen molar-refractivity contribution in [2.24, 2.45) is 0 Å². The number of nitrogens with one attached hydrogen (secondary N) is 2. The molecule has 0 spiro atoms. The third kappa shape index (κ3) is 3.91. The molecular weight excluding hydrogens is 270 g/mol. The van der Waals surface area contributed by atoms with E-state index >= 15 is 0 Å². The Morgan fingerprint density at radius 2 is 2.25 bits per heavy atom. The van der Waals surface area contributed by atoms with Crippen molar-refractivity contribution in [2.75, 3.05) is 18.4 Å². The summed E-state index contributed by atoms with van der Waals surface area (Å²) < 4.78 is 0.872. The van der Waals surface area contributed by atoms with E-state index in [0.29, 0.717) is 18.7 Å². The maximum absolute atomic E-state index is 10.6. The van der Waals surface area contributed by atoms with Gasteiger partial charge in [0, 0.05) is 24.5 Å². The first kappa shape index (κ1) is 12.5. The van der Waals surface area contributed by atoms with Crippen LogP contribution in [-0.4, -0.2) is 19.0 Å². The Bertz CT molecular complexity index is 426. The van der Waals surface area contributed by atoms with Gasteiger partial charge in [0.05, 0.1) is 11.3 Å². The number of carbonyl (C=O) groups is 1. The average molecular weight is 282 g/mol. The van der Waals surface area contributed by atoms with Gasteiger partial charge < -0.3 is 10.6 Å². The topological polar surface area (TPSA) is 64.9 Å². The van der Waals surface area contributed by atoms with Gasteiger partial charge in [-0.1, -0.05) is 15.9 Å². The fourth-order valence-corrected chi connectivity index (χ4v) is 1.56. The van der Waals surface area contributed by atoms with Crippen molar-refractivity contribution >= 4 is 27.5 Å². The molecule has 1 aromatic rings. The number of hydrogen-bond donors (Lipinski definition) is 2. The highest BCUT2D eigenvalue weighted by Crippen LogP contribution is 2.19. The lowest BCUT2D eigenvalue weighted by molar-refractivity contribution is -0.118. The zero-order valence-corrected chi connectivity index (χ0v) is 10.5. The molecule has 16 heavy (non-hydrogen) atoms. The van der Waals surface area contributed by atoms with Crippen LogP contribution in [0.1, 0.15) is 12.5 Å². The van der Waals surface area contributed by atoms with E-state index in [0.717, 1.165) is 10.2 Å². The zero-order chi connectivity index (χ0) is 12.0. The lowest BCUT2D eigenvalue weighted by Crippen LogP contribution is -2.26. The number of amides is 1. The molecule has 2 N–H and O–H groups in total. The third-order valence-corrected chi connectivity index (χ3v) is 2.41. The molecule has 0 radical (unpaired) electrons. The lowest BCUT2D eigenvalue weighted by Gasteiger charge is -2.08. The number of halogens is 1. The molecule has 0 aliphatic heterocycles. The van der Waals surface area contributed by atoms with Crippen molar-refractivity contribution in [3.63, 3.8) is 0 Å². The molecule has 1 amide bonds. The first-order valence-electron chi connectivity index (χ1n) is 4.81. The molecule has 0 fully saturated rings. The van der Waals surface area contributed by atoms with Gasteiger partial charge in [-0.3, -0.25) is 4.79 Å². The Hall–Kier alpha value is -1.54. The maximum atomic E-state index is 10.6. The Kier molecular flexibility index (Phi) is 4.80. The van der Waals surface area contributed by atoms with Crippen LogP contribution in [-0.2, 0) is 4.79 Å². The Morgan fingerprint density at radius 3 is 2.88 bits per heavy atom. The molecular formula is C11H12BrN3O. The smallest absolute Gasteiger partial charge is 0.216 e. The van der Waals surface area contributed by atoms with Crippen LogP contribution < -0.4 is 10.6 Å². The predicted octanol–water partition coefficient (Wildman–Crippen LogP) is 1.87. The van der Waals surface area contributed by atoms with Crippen LogP contribution >= 0.6 is 15.9 Å². The van der Waals surface area contributed by atoms with Crippen LogP contribution in [0.15, 0.2) is 22.7 Å². The van der Waals surface area contributed by atoms with Gasteiger partial charge in [0.25, 0.3) is 0 Å². The standard InChI is InChI=1S/C11H12BrN3O/c1-8(16)14-4-5-15-11-3-2-10(12)6-9(11)7-13/h2-3,6,15H,4-5H2,1H3,(H,14,16). The normalized spacial score (nSPS) is 9.31. The van der Waals surface area contributed by atoms with Gasteiger partial charge in [0.15, 0.2) is 0 Å². The highest BCUT2D eigenvalue weighted by atomic mass is 79.9. The van der Waals surface area contributed by atoms with Gasteiger partial charge >= 0.3 is 0 Å². The minimum Gasteiger partial charge on any atom is -0.382 e. The van der Waals surface area contributed by atoms with Crippen LogP contribution in [0.25, 0.3) is 0 Å². The highest BCUT2D eigenvalue weighted by Gasteiger charge is 2.01. The molecule has 0 unspecified atom stereocenters. The first-order valence-corrected chi connectivity index (χ1v) is 5.60. The van der Waals surface area contributed by atoms with Crippen LogP contribution in [0.2, 0.25) is 0 Å². The number of anilines is 1. The first-order chi connectivity index (χ1) is 7.63.